The summed E-state index contributed by atoms with van der Waals surface area (Å²) in [6.45, 7) is 3.72. The number of hydrogen-bond donors (Lipinski definition) is 2. The Labute approximate surface area is 165 Å². The molecule has 0 amide bonds. The average molecular weight is 456 g/mol. The molecule has 6 heteroatoms. The first-order valence-corrected chi connectivity index (χ1v) is 9.01. The standard InChI is InChI=1S/C18H24N4S.HI/c1-13-10-20-17(23-13)12-22-18(19-2)21-11-15-8-5-7-14-6-3-4-9-16(14)15;/h3-4,6,9-10,15H,5,7-8,11-12H2,1-2H3,(H2,19,21,22);1H. The second-order valence-electron chi connectivity index (χ2n) is 5.96. The molecule has 1 aromatic carbocycles. The summed E-state index contributed by atoms with van der Waals surface area (Å²) in [6.07, 6.45) is 5.64. The lowest BCUT2D eigenvalue weighted by atomic mass is 9.83. The van der Waals surface area contributed by atoms with E-state index in [1.54, 1.807) is 11.3 Å². The third kappa shape index (κ3) is 4.92. The van der Waals surface area contributed by atoms with E-state index >= 15 is 0 Å². The summed E-state index contributed by atoms with van der Waals surface area (Å²) >= 11 is 1.72. The molecule has 0 bridgehead atoms. The number of aliphatic imine (C=N–C) groups is 1. The quantitative estimate of drug-likeness (QED) is 0.418. The first-order chi connectivity index (χ1) is 11.3. The Kier molecular flexibility index (Phi) is 7.48. The van der Waals surface area contributed by atoms with Crippen LogP contribution in [0.5, 0.6) is 0 Å². The molecule has 1 heterocycles. The minimum atomic E-state index is 0. The maximum absolute atomic E-state index is 4.37. The zero-order valence-electron chi connectivity index (χ0n) is 14.2. The van der Waals surface area contributed by atoms with Gasteiger partial charge in [0, 0.05) is 30.6 Å². The largest absolute Gasteiger partial charge is 0.356 e. The number of aryl methyl sites for hydroxylation is 2. The highest BCUT2D eigenvalue weighted by molar-refractivity contribution is 14.0. The molecule has 0 radical (unpaired) electrons. The molecule has 130 valence electrons. The minimum Gasteiger partial charge on any atom is -0.356 e. The van der Waals surface area contributed by atoms with E-state index in [1.807, 2.05) is 13.2 Å². The lowest BCUT2D eigenvalue weighted by Crippen LogP contribution is -2.39. The molecule has 0 spiro atoms. The SMILES string of the molecule is CN=C(NCc1ncc(C)s1)NCC1CCCc2ccccc21.I. The van der Waals surface area contributed by atoms with Gasteiger partial charge in [0.1, 0.15) is 5.01 Å². The Balaban J connectivity index is 0.00000208. The summed E-state index contributed by atoms with van der Waals surface area (Å²) in [7, 11) is 1.82. The molecule has 24 heavy (non-hydrogen) atoms. The van der Waals surface area contributed by atoms with Crippen molar-refractivity contribution in [2.24, 2.45) is 4.99 Å². The van der Waals surface area contributed by atoms with Crippen LogP contribution in [0.3, 0.4) is 0 Å². The molecule has 4 nitrogen and oxygen atoms in total. The van der Waals surface area contributed by atoms with Crippen molar-refractivity contribution >= 4 is 41.3 Å². The van der Waals surface area contributed by atoms with Crippen LogP contribution in [0.15, 0.2) is 35.5 Å². The third-order valence-corrected chi connectivity index (χ3v) is 5.22. The molecule has 3 rings (SSSR count). The molecular weight excluding hydrogens is 431 g/mol. The van der Waals surface area contributed by atoms with E-state index < -0.39 is 0 Å². The van der Waals surface area contributed by atoms with Gasteiger partial charge in [-0.1, -0.05) is 24.3 Å². The van der Waals surface area contributed by atoms with Crippen molar-refractivity contribution in [2.75, 3.05) is 13.6 Å². The number of guanidine groups is 1. The molecule has 0 saturated carbocycles. The summed E-state index contributed by atoms with van der Waals surface area (Å²) in [5, 5.41) is 7.91. The predicted molar refractivity (Wildman–Crippen MR) is 113 cm³/mol. The van der Waals surface area contributed by atoms with Crippen LogP contribution in [0, 0.1) is 6.92 Å². The first kappa shape index (κ1) is 19.2. The Morgan fingerprint density at radius 1 is 1.33 bits per heavy atom. The van der Waals surface area contributed by atoms with E-state index in [1.165, 1.54) is 35.3 Å². The Morgan fingerprint density at radius 2 is 2.17 bits per heavy atom. The van der Waals surface area contributed by atoms with E-state index in [9.17, 15) is 0 Å². The molecule has 1 aromatic heterocycles. The van der Waals surface area contributed by atoms with Crippen LogP contribution in [0.25, 0.3) is 0 Å². The van der Waals surface area contributed by atoms with Crippen LogP contribution in [-0.2, 0) is 13.0 Å². The predicted octanol–water partition coefficient (Wildman–Crippen LogP) is 3.85. The van der Waals surface area contributed by atoms with Crippen molar-refractivity contribution in [3.8, 4) is 0 Å². The van der Waals surface area contributed by atoms with Crippen molar-refractivity contribution in [1.82, 2.24) is 15.6 Å². The number of halogens is 1. The fourth-order valence-electron chi connectivity index (χ4n) is 3.15. The van der Waals surface area contributed by atoms with E-state index in [-0.39, 0.29) is 24.0 Å². The number of nitrogens with zero attached hydrogens (tertiary/aromatic N) is 2. The van der Waals surface area contributed by atoms with Gasteiger partial charge >= 0.3 is 0 Å². The molecule has 2 N–H and O–H groups in total. The van der Waals surface area contributed by atoms with Crippen molar-refractivity contribution in [1.29, 1.82) is 0 Å². The van der Waals surface area contributed by atoms with Gasteiger partial charge in [0.25, 0.3) is 0 Å². The van der Waals surface area contributed by atoms with Gasteiger partial charge in [-0.3, -0.25) is 4.99 Å². The summed E-state index contributed by atoms with van der Waals surface area (Å²) < 4.78 is 0. The lowest BCUT2D eigenvalue weighted by Gasteiger charge is -2.26. The number of thiazole rings is 1. The van der Waals surface area contributed by atoms with Crippen LogP contribution in [0.1, 0.15) is 39.8 Å². The number of hydrogen-bond acceptors (Lipinski definition) is 3. The van der Waals surface area contributed by atoms with Crippen LogP contribution in [-0.4, -0.2) is 24.5 Å². The van der Waals surface area contributed by atoms with Crippen molar-refractivity contribution < 1.29 is 0 Å². The number of benzene rings is 1. The zero-order chi connectivity index (χ0) is 16.1. The summed E-state index contributed by atoms with van der Waals surface area (Å²) in [5.41, 5.74) is 3.00. The van der Waals surface area contributed by atoms with Gasteiger partial charge in [-0.25, -0.2) is 4.98 Å². The Hall–Kier alpha value is -1.15. The second kappa shape index (κ2) is 9.36. The van der Waals surface area contributed by atoms with Crippen molar-refractivity contribution in [3.05, 3.63) is 51.5 Å². The molecule has 1 unspecified atom stereocenters. The number of aromatic nitrogens is 1. The minimum absolute atomic E-state index is 0. The van der Waals surface area contributed by atoms with E-state index in [0.717, 1.165) is 24.1 Å². The zero-order valence-corrected chi connectivity index (χ0v) is 17.4. The fourth-order valence-corrected chi connectivity index (χ4v) is 3.88. The molecule has 0 saturated heterocycles. The number of fused-ring (bicyclic) bond motifs is 1. The highest BCUT2D eigenvalue weighted by Gasteiger charge is 2.19. The van der Waals surface area contributed by atoms with E-state index in [2.05, 4.69) is 51.8 Å². The maximum atomic E-state index is 4.37. The average Bonchev–Trinajstić information content (AvgIpc) is 3.00. The third-order valence-electron chi connectivity index (χ3n) is 4.31. The van der Waals surface area contributed by atoms with Gasteiger partial charge in [-0.2, -0.15) is 0 Å². The van der Waals surface area contributed by atoms with Gasteiger partial charge in [0.2, 0.25) is 0 Å². The first-order valence-electron chi connectivity index (χ1n) is 8.20. The van der Waals surface area contributed by atoms with Crippen LogP contribution in [0.4, 0.5) is 0 Å². The summed E-state index contributed by atoms with van der Waals surface area (Å²) in [5.74, 6) is 1.42. The highest BCUT2D eigenvalue weighted by atomic mass is 127. The van der Waals surface area contributed by atoms with Gasteiger partial charge < -0.3 is 10.6 Å². The van der Waals surface area contributed by atoms with E-state index in [0.29, 0.717) is 5.92 Å². The number of nitrogens with one attached hydrogen (secondary N) is 2. The van der Waals surface area contributed by atoms with Crippen LogP contribution < -0.4 is 10.6 Å². The Morgan fingerprint density at radius 3 is 2.92 bits per heavy atom. The number of rotatable bonds is 4. The maximum Gasteiger partial charge on any atom is 0.191 e. The molecule has 0 fully saturated rings. The molecule has 2 aromatic rings. The second-order valence-corrected chi connectivity index (χ2v) is 7.28. The smallest absolute Gasteiger partial charge is 0.191 e. The fraction of sp³-hybridized carbons (Fsp3) is 0.444. The normalized spacial score (nSPS) is 16.9. The highest BCUT2D eigenvalue weighted by Crippen LogP contribution is 2.30. The van der Waals surface area contributed by atoms with Gasteiger partial charge in [0.05, 0.1) is 6.54 Å². The van der Waals surface area contributed by atoms with Crippen molar-refractivity contribution in [2.45, 2.75) is 38.6 Å². The molecular formula is C18H25IN4S. The monoisotopic (exact) mass is 456 g/mol. The van der Waals surface area contributed by atoms with Gasteiger partial charge in [-0.15, -0.1) is 35.3 Å². The van der Waals surface area contributed by atoms with Crippen molar-refractivity contribution in [3.63, 3.8) is 0 Å². The van der Waals surface area contributed by atoms with Crippen LogP contribution >= 0.6 is 35.3 Å². The molecule has 1 aliphatic carbocycles. The van der Waals surface area contributed by atoms with Crippen LogP contribution in [0.2, 0.25) is 0 Å². The lowest BCUT2D eigenvalue weighted by molar-refractivity contribution is 0.539. The molecule has 1 atom stereocenters. The summed E-state index contributed by atoms with van der Waals surface area (Å²) in [4.78, 5) is 9.94. The summed E-state index contributed by atoms with van der Waals surface area (Å²) in [6, 6.07) is 8.83. The van der Waals surface area contributed by atoms with Gasteiger partial charge in [0.15, 0.2) is 5.96 Å². The Bertz CT molecular complexity index is 683. The topological polar surface area (TPSA) is 49.3 Å². The molecule has 1 aliphatic rings. The van der Waals surface area contributed by atoms with E-state index in [4.69, 9.17) is 0 Å². The molecule has 0 aliphatic heterocycles. The van der Waals surface area contributed by atoms with Gasteiger partial charge in [-0.05, 0) is 37.3 Å².